The van der Waals surface area contributed by atoms with Crippen LogP contribution in [0.15, 0.2) is 48.5 Å². The molecule has 0 unspecified atom stereocenters. The number of halogens is 1. The summed E-state index contributed by atoms with van der Waals surface area (Å²) in [6.07, 6.45) is 0. The largest absolute Gasteiger partial charge is 0.486 e. The molecule has 0 saturated heterocycles. The molecule has 0 aliphatic heterocycles. The Labute approximate surface area is 148 Å². The molecule has 5 heteroatoms. The van der Waals surface area contributed by atoms with Gasteiger partial charge in [-0.1, -0.05) is 24.3 Å². The summed E-state index contributed by atoms with van der Waals surface area (Å²) >= 11 is -0.391. The van der Waals surface area contributed by atoms with Crippen molar-refractivity contribution in [2.45, 2.75) is 0 Å². The Kier molecular flexibility index (Phi) is 8.20. The Bertz CT molecular complexity index is 537. The van der Waals surface area contributed by atoms with Crippen LogP contribution in [-0.4, -0.2) is 40.6 Å². The Morgan fingerprint density at radius 1 is 0.652 bits per heavy atom. The first-order valence-corrected chi connectivity index (χ1v) is 9.57. The summed E-state index contributed by atoms with van der Waals surface area (Å²) in [6.45, 7) is 2.29. The maximum atomic E-state index is 5.83. The standard InChI is InChI=1S/C18H22IO4/c1-20-11-13-22-17-9-5-3-7-15(17)19-16-8-4-6-10-18(16)23-14-12-21-2/h3-10H,11-14H2,1-2H3/q+1. The molecule has 124 valence electrons. The molecule has 0 spiro atoms. The third-order valence-corrected chi connectivity index (χ3v) is 5.91. The van der Waals surface area contributed by atoms with Gasteiger partial charge in [-0.3, -0.25) is 0 Å². The van der Waals surface area contributed by atoms with E-state index in [9.17, 15) is 0 Å². The van der Waals surface area contributed by atoms with Crippen LogP contribution in [0.5, 0.6) is 11.5 Å². The Balaban J connectivity index is 2.09. The molecule has 2 aromatic carbocycles. The van der Waals surface area contributed by atoms with Gasteiger partial charge in [0.15, 0.2) is 11.5 Å². The molecule has 23 heavy (non-hydrogen) atoms. The van der Waals surface area contributed by atoms with E-state index in [4.69, 9.17) is 18.9 Å². The summed E-state index contributed by atoms with van der Waals surface area (Å²) in [7, 11) is 3.35. The normalized spacial score (nSPS) is 10.5. The zero-order valence-electron chi connectivity index (χ0n) is 13.5. The number of benzene rings is 2. The van der Waals surface area contributed by atoms with E-state index in [1.807, 2.05) is 36.4 Å². The second-order valence-corrected chi connectivity index (χ2v) is 7.50. The van der Waals surface area contributed by atoms with Gasteiger partial charge < -0.3 is 18.9 Å². The highest BCUT2D eigenvalue weighted by atomic mass is 127. The maximum Gasteiger partial charge on any atom is 0.366 e. The van der Waals surface area contributed by atoms with Gasteiger partial charge in [0, 0.05) is 14.2 Å². The smallest absolute Gasteiger partial charge is 0.366 e. The monoisotopic (exact) mass is 429 g/mol. The van der Waals surface area contributed by atoms with E-state index in [0.717, 1.165) is 11.5 Å². The van der Waals surface area contributed by atoms with Gasteiger partial charge in [0.05, 0.1) is 13.2 Å². The maximum absolute atomic E-state index is 5.83. The minimum Gasteiger partial charge on any atom is -0.486 e. The third kappa shape index (κ3) is 6.01. The van der Waals surface area contributed by atoms with Crippen LogP contribution in [0.25, 0.3) is 0 Å². The lowest BCUT2D eigenvalue weighted by molar-refractivity contribution is -0.599. The van der Waals surface area contributed by atoms with E-state index in [2.05, 4.69) is 12.1 Å². The fourth-order valence-corrected chi connectivity index (χ4v) is 4.46. The Morgan fingerprint density at radius 2 is 1.09 bits per heavy atom. The van der Waals surface area contributed by atoms with Gasteiger partial charge in [0.2, 0.25) is 7.14 Å². The predicted molar refractivity (Wildman–Crippen MR) is 85.0 cm³/mol. The SMILES string of the molecule is COCCOc1ccccc1[I+]c1ccccc1OCCOC. The second-order valence-electron chi connectivity index (χ2n) is 4.64. The van der Waals surface area contributed by atoms with E-state index in [0.29, 0.717) is 26.4 Å². The molecule has 0 N–H and O–H groups in total. The summed E-state index contributed by atoms with van der Waals surface area (Å²) < 4.78 is 24.2. The molecule has 0 bridgehead atoms. The highest BCUT2D eigenvalue weighted by molar-refractivity contribution is 5.23. The number of hydrogen-bond acceptors (Lipinski definition) is 4. The van der Waals surface area contributed by atoms with Gasteiger partial charge in [-0.05, 0) is 24.3 Å². The first-order valence-electron chi connectivity index (χ1n) is 7.41. The first-order chi connectivity index (χ1) is 11.3. The highest BCUT2D eigenvalue weighted by Crippen LogP contribution is 2.11. The lowest BCUT2D eigenvalue weighted by Crippen LogP contribution is -3.61. The van der Waals surface area contributed by atoms with E-state index < -0.39 is 21.2 Å². The number of rotatable bonds is 10. The zero-order chi connectivity index (χ0) is 16.3. The van der Waals surface area contributed by atoms with Gasteiger partial charge in [-0.2, -0.15) is 0 Å². The Morgan fingerprint density at radius 3 is 1.52 bits per heavy atom. The van der Waals surface area contributed by atoms with Crippen LogP contribution in [-0.2, 0) is 9.47 Å². The van der Waals surface area contributed by atoms with Crippen LogP contribution < -0.4 is 30.7 Å². The number of para-hydroxylation sites is 2. The van der Waals surface area contributed by atoms with Crippen LogP contribution in [0, 0.1) is 7.14 Å². The number of hydrogen-bond donors (Lipinski definition) is 0. The third-order valence-electron chi connectivity index (χ3n) is 2.97. The van der Waals surface area contributed by atoms with Crippen molar-refractivity contribution >= 4 is 0 Å². The number of methoxy groups -OCH3 is 2. The van der Waals surface area contributed by atoms with Crippen LogP contribution in [0.3, 0.4) is 0 Å². The van der Waals surface area contributed by atoms with Gasteiger partial charge in [-0.25, -0.2) is 0 Å². The summed E-state index contributed by atoms with van der Waals surface area (Å²) in [5.41, 5.74) is 0. The average molecular weight is 429 g/mol. The molecule has 4 nitrogen and oxygen atoms in total. The molecule has 0 heterocycles. The zero-order valence-corrected chi connectivity index (χ0v) is 15.6. The first kappa shape index (κ1) is 18.0. The van der Waals surface area contributed by atoms with Crippen molar-refractivity contribution < 1.29 is 40.2 Å². The van der Waals surface area contributed by atoms with E-state index >= 15 is 0 Å². The van der Waals surface area contributed by atoms with E-state index in [-0.39, 0.29) is 0 Å². The van der Waals surface area contributed by atoms with Crippen molar-refractivity contribution in [1.29, 1.82) is 0 Å². The van der Waals surface area contributed by atoms with Gasteiger partial charge in [0.1, 0.15) is 13.2 Å². The molecule has 2 aromatic rings. The molecule has 0 radical (unpaired) electrons. The molecule has 0 atom stereocenters. The molecule has 2 rings (SSSR count). The predicted octanol–water partition coefficient (Wildman–Crippen LogP) is -0.135. The minimum atomic E-state index is -0.391. The fourth-order valence-electron chi connectivity index (χ4n) is 1.86. The summed E-state index contributed by atoms with van der Waals surface area (Å²) in [4.78, 5) is 0. The molecular weight excluding hydrogens is 407 g/mol. The van der Waals surface area contributed by atoms with Crippen molar-refractivity contribution in [2.75, 3.05) is 40.6 Å². The molecule has 0 aromatic heterocycles. The van der Waals surface area contributed by atoms with Crippen LogP contribution in [0.4, 0.5) is 0 Å². The van der Waals surface area contributed by atoms with Gasteiger partial charge >= 0.3 is 21.2 Å². The summed E-state index contributed by atoms with van der Waals surface area (Å²) in [5.74, 6) is 1.87. The van der Waals surface area contributed by atoms with Crippen molar-refractivity contribution in [2.24, 2.45) is 0 Å². The quantitative estimate of drug-likeness (QED) is 0.390. The minimum absolute atomic E-state index is 0.391. The van der Waals surface area contributed by atoms with E-state index in [1.165, 1.54) is 7.14 Å². The summed E-state index contributed by atoms with van der Waals surface area (Å²) in [6, 6.07) is 16.4. The van der Waals surface area contributed by atoms with Crippen molar-refractivity contribution in [3.8, 4) is 11.5 Å². The lowest BCUT2D eigenvalue weighted by Gasteiger charge is -2.06. The molecule has 0 aliphatic rings. The molecule has 0 aliphatic carbocycles. The highest BCUT2D eigenvalue weighted by Gasteiger charge is 2.24. The van der Waals surface area contributed by atoms with Crippen LogP contribution in [0.2, 0.25) is 0 Å². The Hall–Kier alpha value is -1.31. The molecule has 0 amide bonds. The molecular formula is C18H22IO4+. The van der Waals surface area contributed by atoms with Gasteiger partial charge in [0.25, 0.3) is 0 Å². The van der Waals surface area contributed by atoms with Gasteiger partial charge in [-0.15, -0.1) is 0 Å². The topological polar surface area (TPSA) is 36.9 Å². The average Bonchev–Trinajstić information content (AvgIpc) is 2.58. The molecule has 0 saturated carbocycles. The second kappa shape index (κ2) is 10.5. The van der Waals surface area contributed by atoms with Crippen LogP contribution in [0.1, 0.15) is 0 Å². The van der Waals surface area contributed by atoms with Crippen molar-refractivity contribution in [3.05, 3.63) is 55.7 Å². The van der Waals surface area contributed by atoms with E-state index in [1.54, 1.807) is 14.2 Å². The summed E-state index contributed by atoms with van der Waals surface area (Å²) in [5, 5.41) is 0. The fraction of sp³-hybridized carbons (Fsp3) is 0.333. The lowest BCUT2D eigenvalue weighted by atomic mass is 10.3. The molecule has 0 fully saturated rings. The van der Waals surface area contributed by atoms with Crippen molar-refractivity contribution in [1.82, 2.24) is 0 Å². The van der Waals surface area contributed by atoms with Crippen molar-refractivity contribution in [3.63, 3.8) is 0 Å². The number of ether oxygens (including phenoxy) is 4. The van der Waals surface area contributed by atoms with Crippen LogP contribution >= 0.6 is 0 Å².